The van der Waals surface area contributed by atoms with E-state index in [1.165, 1.54) is 44.2 Å². The molecule has 0 spiro atoms. The molecule has 2 saturated carbocycles. The van der Waals surface area contributed by atoms with Crippen LogP contribution in [0.15, 0.2) is 28.2 Å². The Balaban J connectivity index is 1.80. The molecule has 0 radical (unpaired) electrons. The first-order chi connectivity index (χ1) is 12.9. The summed E-state index contributed by atoms with van der Waals surface area (Å²) >= 11 is 0. The first kappa shape index (κ1) is 19.8. The molecule has 0 unspecified atom stereocenters. The highest BCUT2D eigenvalue weighted by Gasteiger charge is 2.30. The Morgan fingerprint density at radius 1 is 1.11 bits per heavy atom. The molecule has 2 aliphatic carbocycles. The molecule has 0 amide bonds. The average molecular weight is 394 g/mol. The Kier molecular flexibility index (Phi) is 6.14. The minimum Gasteiger partial charge on any atom is -0.258 e. The first-order valence-electron chi connectivity index (χ1n) is 9.72. The van der Waals surface area contributed by atoms with Crippen LogP contribution in [-0.4, -0.2) is 19.1 Å². The van der Waals surface area contributed by atoms with E-state index in [0.717, 1.165) is 37.5 Å². The van der Waals surface area contributed by atoms with E-state index in [4.69, 9.17) is 0 Å². The van der Waals surface area contributed by atoms with Crippen molar-refractivity contribution in [3.8, 4) is 0 Å². The van der Waals surface area contributed by atoms with Crippen LogP contribution >= 0.6 is 0 Å². The van der Waals surface area contributed by atoms with E-state index in [-0.39, 0.29) is 10.6 Å². The topological polar surface area (TPSA) is 102 Å². The van der Waals surface area contributed by atoms with Gasteiger partial charge in [-0.3, -0.25) is 10.1 Å². The second-order valence-corrected chi connectivity index (χ2v) is 9.31. The number of rotatable bonds is 5. The number of aryl methyl sites for hydroxylation is 1. The van der Waals surface area contributed by atoms with Crippen LogP contribution < -0.4 is 4.83 Å². The van der Waals surface area contributed by atoms with Crippen molar-refractivity contribution in [2.75, 3.05) is 0 Å². The first-order valence-corrected chi connectivity index (χ1v) is 11.2. The molecule has 148 valence electrons. The highest BCUT2D eigenvalue weighted by molar-refractivity contribution is 7.89. The molecule has 0 saturated heterocycles. The zero-order valence-electron chi connectivity index (χ0n) is 15.7. The molecule has 27 heavy (non-hydrogen) atoms. The lowest BCUT2D eigenvalue weighted by atomic mass is 9.72. The van der Waals surface area contributed by atoms with Crippen molar-refractivity contribution < 1.29 is 13.3 Å². The van der Waals surface area contributed by atoms with E-state index in [1.807, 2.05) is 0 Å². The normalized spacial score (nSPS) is 23.3. The molecule has 0 aliphatic heterocycles. The fourth-order valence-electron chi connectivity index (χ4n) is 4.33. The quantitative estimate of drug-likeness (QED) is 0.595. The van der Waals surface area contributed by atoms with E-state index in [9.17, 15) is 18.5 Å². The number of benzene rings is 1. The summed E-state index contributed by atoms with van der Waals surface area (Å²) in [4.78, 5) is 12.7. The van der Waals surface area contributed by atoms with Gasteiger partial charge in [-0.05, 0) is 51.0 Å². The molecule has 1 aromatic carbocycles. The SMILES string of the molecule is Cc1ccc(S(=O)(=O)NN=C2CCCC[C@@H]2C2CCCCC2)cc1[N+](=O)[O-]. The van der Waals surface area contributed by atoms with Crippen LogP contribution in [0.3, 0.4) is 0 Å². The van der Waals surface area contributed by atoms with Crippen molar-refractivity contribution >= 4 is 21.4 Å². The lowest BCUT2D eigenvalue weighted by molar-refractivity contribution is -0.385. The molecular formula is C19H27N3O4S. The number of sulfonamides is 1. The van der Waals surface area contributed by atoms with Crippen LogP contribution in [-0.2, 0) is 10.0 Å². The fraction of sp³-hybridized carbons (Fsp3) is 0.632. The number of nitrogens with one attached hydrogen (secondary N) is 1. The van der Waals surface area contributed by atoms with Crippen LogP contribution in [0, 0.1) is 28.9 Å². The maximum absolute atomic E-state index is 12.6. The predicted octanol–water partition coefficient (Wildman–Crippen LogP) is 4.31. The predicted molar refractivity (Wildman–Crippen MR) is 104 cm³/mol. The molecule has 2 fully saturated rings. The summed E-state index contributed by atoms with van der Waals surface area (Å²) in [6.07, 6.45) is 10.2. The minimum absolute atomic E-state index is 0.130. The van der Waals surface area contributed by atoms with E-state index in [0.29, 0.717) is 17.4 Å². The number of hydrogen-bond acceptors (Lipinski definition) is 5. The van der Waals surface area contributed by atoms with Crippen LogP contribution in [0.5, 0.6) is 0 Å². The minimum atomic E-state index is -3.93. The van der Waals surface area contributed by atoms with E-state index in [2.05, 4.69) is 9.93 Å². The summed E-state index contributed by atoms with van der Waals surface area (Å²) in [5, 5.41) is 15.4. The molecule has 7 nitrogen and oxygen atoms in total. The van der Waals surface area contributed by atoms with Crippen LogP contribution in [0.2, 0.25) is 0 Å². The number of hydrazone groups is 1. The summed E-state index contributed by atoms with van der Waals surface area (Å²) < 4.78 is 25.2. The highest BCUT2D eigenvalue weighted by Crippen LogP contribution is 2.37. The highest BCUT2D eigenvalue weighted by atomic mass is 32.2. The van der Waals surface area contributed by atoms with Crippen LogP contribution in [0.25, 0.3) is 0 Å². The molecular weight excluding hydrogens is 366 g/mol. The third-order valence-electron chi connectivity index (χ3n) is 5.84. The van der Waals surface area contributed by atoms with E-state index >= 15 is 0 Å². The molecule has 1 N–H and O–H groups in total. The molecule has 0 aromatic heterocycles. The van der Waals surface area contributed by atoms with Gasteiger partial charge in [0.25, 0.3) is 15.7 Å². The summed E-state index contributed by atoms with van der Waals surface area (Å²) in [7, 11) is -3.93. The third kappa shape index (κ3) is 4.66. The third-order valence-corrected chi connectivity index (χ3v) is 7.05. The second kappa shape index (κ2) is 8.37. The van der Waals surface area contributed by atoms with Gasteiger partial charge < -0.3 is 0 Å². The van der Waals surface area contributed by atoms with Gasteiger partial charge in [-0.15, -0.1) is 0 Å². The Bertz CT molecular complexity index is 829. The standard InChI is InChI=1S/C19H27N3O4S/c1-14-11-12-16(13-19(14)22(23)24)27(25,26)21-20-18-10-6-5-9-17(18)15-7-3-2-4-8-15/h11-13,15,17,21H,2-10H2,1H3/t17-/m1/s1. The molecule has 0 heterocycles. The van der Waals surface area contributed by atoms with Crippen molar-refractivity contribution in [3.05, 3.63) is 33.9 Å². The van der Waals surface area contributed by atoms with Gasteiger partial charge in [0.1, 0.15) is 0 Å². The van der Waals surface area contributed by atoms with Gasteiger partial charge >= 0.3 is 0 Å². The van der Waals surface area contributed by atoms with Gasteiger partial charge in [0.15, 0.2) is 0 Å². The Labute approximate surface area is 160 Å². The van der Waals surface area contributed by atoms with Crippen molar-refractivity contribution in [1.82, 2.24) is 4.83 Å². The molecule has 8 heteroatoms. The zero-order valence-corrected chi connectivity index (χ0v) is 16.5. The van der Waals surface area contributed by atoms with Gasteiger partial charge in [0.2, 0.25) is 0 Å². The Morgan fingerprint density at radius 3 is 2.52 bits per heavy atom. The molecule has 1 aromatic rings. The van der Waals surface area contributed by atoms with Crippen molar-refractivity contribution in [3.63, 3.8) is 0 Å². The van der Waals surface area contributed by atoms with E-state index in [1.54, 1.807) is 6.92 Å². The lowest BCUT2D eigenvalue weighted by Crippen LogP contribution is -2.31. The molecule has 0 bridgehead atoms. The van der Waals surface area contributed by atoms with Crippen molar-refractivity contribution in [1.29, 1.82) is 0 Å². The Morgan fingerprint density at radius 2 is 1.81 bits per heavy atom. The maximum Gasteiger partial charge on any atom is 0.276 e. The van der Waals surface area contributed by atoms with Crippen LogP contribution in [0.1, 0.15) is 63.4 Å². The fourth-order valence-corrected chi connectivity index (χ4v) is 5.19. The van der Waals surface area contributed by atoms with Crippen LogP contribution in [0.4, 0.5) is 5.69 Å². The molecule has 3 rings (SSSR count). The van der Waals surface area contributed by atoms with Gasteiger partial charge in [0, 0.05) is 23.3 Å². The smallest absolute Gasteiger partial charge is 0.258 e. The second-order valence-electron chi connectivity index (χ2n) is 7.65. The number of nitrogens with zero attached hydrogens (tertiary/aromatic N) is 2. The maximum atomic E-state index is 12.6. The van der Waals surface area contributed by atoms with Gasteiger partial charge in [-0.25, -0.2) is 4.83 Å². The molecule has 1 atom stereocenters. The summed E-state index contributed by atoms with van der Waals surface area (Å²) in [6.45, 7) is 1.58. The summed E-state index contributed by atoms with van der Waals surface area (Å²) in [6, 6.07) is 3.92. The van der Waals surface area contributed by atoms with Gasteiger partial charge in [-0.1, -0.05) is 31.7 Å². The largest absolute Gasteiger partial charge is 0.276 e. The summed E-state index contributed by atoms with van der Waals surface area (Å²) in [5.41, 5.74) is 1.16. The summed E-state index contributed by atoms with van der Waals surface area (Å²) in [5.74, 6) is 0.955. The van der Waals surface area contributed by atoms with Gasteiger partial charge in [0.05, 0.1) is 9.82 Å². The van der Waals surface area contributed by atoms with E-state index < -0.39 is 14.9 Å². The van der Waals surface area contributed by atoms with Crippen molar-refractivity contribution in [2.24, 2.45) is 16.9 Å². The Hall–Kier alpha value is -1.96. The lowest BCUT2D eigenvalue weighted by Gasteiger charge is -2.33. The zero-order chi connectivity index (χ0) is 19.4. The van der Waals surface area contributed by atoms with Gasteiger partial charge in [-0.2, -0.15) is 13.5 Å². The average Bonchev–Trinajstić information content (AvgIpc) is 2.67. The number of hydrogen-bond donors (Lipinski definition) is 1. The van der Waals surface area contributed by atoms with Crippen molar-refractivity contribution in [2.45, 2.75) is 69.6 Å². The monoisotopic (exact) mass is 393 g/mol. The number of nitro groups is 1. The molecule has 2 aliphatic rings. The number of nitro benzene ring substituents is 1.